The molecule has 2 atom stereocenters. The normalized spacial score (nSPS) is 14.5. The van der Waals surface area contributed by atoms with E-state index in [4.69, 9.17) is 9.16 Å². The Morgan fingerprint density at radius 1 is 0.763 bits per heavy atom. The molecule has 3 nitrogen and oxygen atoms in total. The third kappa shape index (κ3) is 13.2. The van der Waals surface area contributed by atoms with E-state index in [1.54, 1.807) is 0 Å². The highest BCUT2D eigenvalue weighted by Crippen LogP contribution is 2.42. The number of benzene rings is 1. The number of aliphatic hydroxyl groups is 1. The molecule has 0 fully saturated rings. The van der Waals surface area contributed by atoms with Gasteiger partial charge in [0, 0.05) is 0 Å². The zero-order valence-corrected chi connectivity index (χ0v) is 26.8. The molecule has 1 aromatic carbocycles. The standard InChI is InChI=1S/C34H60O3Si/c1-8-9-10-11-12-13-14-15-16-17-18-19-23-26-34(36-27-32-24-21-20-22-25-32)33(35)28-37-38(29(2)3,30(4)5)31(6)7/h18-26,29-31,33-35H,8-17,27-28H2,1-7H3/b19-18-,26-23+/t33-,34-/m1/s1. The van der Waals surface area contributed by atoms with E-state index in [9.17, 15) is 5.11 Å². The van der Waals surface area contributed by atoms with Gasteiger partial charge in [0.2, 0.25) is 0 Å². The lowest BCUT2D eigenvalue weighted by Crippen LogP contribution is -2.50. The number of hydrogen-bond acceptors (Lipinski definition) is 3. The molecule has 0 aromatic heterocycles. The fourth-order valence-corrected chi connectivity index (χ4v) is 11.3. The Morgan fingerprint density at radius 2 is 1.32 bits per heavy atom. The van der Waals surface area contributed by atoms with Gasteiger partial charge in [0.15, 0.2) is 8.32 Å². The van der Waals surface area contributed by atoms with Crippen LogP contribution in [0.5, 0.6) is 0 Å². The van der Waals surface area contributed by atoms with Gasteiger partial charge in [-0.05, 0) is 35.0 Å². The molecule has 0 spiro atoms. The van der Waals surface area contributed by atoms with Gasteiger partial charge in [-0.2, -0.15) is 0 Å². The Kier molecular flexibility index (Phi) is 18.9. The van der Waals surface area contributed by atoms with Crippen LogP contribution in [-0.4, -0.2) is 32.2 Å². The van der Waals surface area contributed by atoms with E-state index in [1.165, 1.54) is 57.8 Å². The highest BCUT2D eigenvalue weighted by molar-refractivity contribution is 6.77. The predicted octanol–water partition coefficient (Wildman–Crippen LogP) is 10.2. The topological polar surface area (TPSA) is 38.7 Å². The molecule has 0 saturated heterocycles. The molecule has 0 radical (unpaired) electrons. The molecule has 0 saturated carbocycles. The first-order valence-corrected chi connectivity index (χ1v) is 17.7. The number of aliphatic hydroxyl groups excluding tert-OH is 1. The van der Waals surface area contributed by atoms with Gasteiger partial charge in [-0.25, -0.2) is 0 Å². The summed E-state index contributed by atoms with van der Waals surface area (Å²) in [6.07, 6.45) is 20.6. The van der Waals surface area contributed by atoms with Crippen molar-refractivity contribution in [2.24, 2.45) is 0 Å². The molecule has 4 heteroatoms. The van der Waals surface area contributed by atoms with Gasteiger partial charge in [0.25, 0.3) is 0 Å². The van der Waals surface area contributed by atoms with Crippen molar-refractivity contribution in [3.05, 3.63) is 60.2 Å². The molecule has 0 amide bonds. The quantitative estimate of drug-likeness (QED) is 0.0896. The Bertz CT molecular complexity index is 720. The van der Waals surface area contributed by atoms with Crippen molar-refractivity contribution in [2.75, 3.05) is 6.61 Å². The minimum absolute atomic E-state index is 0.312. The lowest BCUT2D eigenvalue weighted by Gasteiger charge is -2.43. The fraction of sp³-hybridized carbons (Fsp3) is 0.706. The van der Waals surface area contributed by atoms with Crippen LogP contribution in [0, 0.1) is 0 Å². The second-order valence-electron chi connectivity index (χ2n) is 11.9. The van der Waals surface area contributed by atoms with Crippen molar-refractivity contribution < 1.29 is 14.3 Å². The van der Waals surface area contributed by atoms with Crippen LogP contribution in [0.1, 0.15) is 118 Å². The summed E-state index contributed by atoms with van der Waals surface area (Å²) in [6.45, 7) is 16.7. The Balaban J connectivity index is 2.63. The molecule has 0 bridgehead atoms. The van der Waals surface area contributed by atoms with Crippen molar-refractivity contribution in [3.8, 4) is 0 Å². The Morgan fingerprint density at radius 3 is 1.87 bits per heavy atom. The predicted molar refractivity (Wildman–Crippen MR) is 168 cm³/mol. The van der Waals surface area contributed by atoms with Crippen LogP contribution < -0.4 is 0 Å². The number of rotatable bonds is 22. The minimum Gasteiger partial charge on any atom is -0.413 e. The molecule has 0 heterocycles. The van der Waals surface area contributed by atoms with E-state index in [0.717, 1.165) is 12.0 Å². The van der Waals surface area contributed by atoms with Crippen LogP contribution in [0.2, 0.25) is 16.6 Å². The lowest BCUT2D eigenvalue weighted by atomic mass is 10.1. The van der Waals surface area contributed by atoms with Gasteiger partial charge in [-0.3, -0.25) is 0 Å². The number of unbranched alkanes of at least 4 members (excludes halogenated alkanes) is 9. The van der Waals surface area contributed by atoms with Crippen LogP contribution in [0.15, 0.2) is 54.6 Å². The van der Waals surface area contributed by atoms with E-state index < -0.39 is 20.5 Å². The Labute approximate surface area is 237 Å². The van der Waals surface area contributed by atoms with Crippen LogP contribution in [-0.2, 0) is 15.8 Å². The number of ether oxygens (including phenoxy) is 1. The summed E-state index contributed by atoms with van der Waals surface area (Å²) in [7, 11) is -2.05. The van der Waals surface area contributed by atoms with E-state index in [1.807, 2.05) is 30.4 Å². The summed E-state index contributed by atoms with van der Waals surface area (Å²) in [5.41, 5.74) is 2.56. The fourth-order valence-electron chi connectivity index (χ4n) is 5.81. The van der Waals surface area contributed by atoms with Crippen molar-refractivity contribution in [1.82, 2.24) is 0 Å². The third-order valence-electron chi connectivity index (χ3n) is 7.90. The molecule has 0 aliphatic heterocycles. The molecule has 1 N–H and O–H groups in total. The van der Waals surface area contributed by atoms with Crippen LogP contribution >= 0.6 is 0 Å². The molecule has 218 valence electrons. The first-order valence-electron chi connectivity index (χ1n) is 15.6. The average molecular weight is 545 g/mol. The molecule has 1 aromatic rings. The summed E-state index contributed by atoms with van der Waals surface area (Å²) in [5, 5.41) is 11.2. The molecular formula is C34H60O3Si. The first kappa shape index (κ1) is 34.8. The second kappa shape index (κ2) is 20.7. The summed E-state index contributed by atoms with van der Waals surface area (Å²) < 4.78 is 12.9. The SMILES string of the molecule is CCCCCCCCCCC/C=C\C=C\[C@@H](OCc1ccccc1)[C@H](O)CO[Si](C(C)C)(C(C)C)C(C)C. The lowest BCUT2D eigenvalue weighted by molar-refractivity contribution is -0.0387. The molecular weight excluding hydrogens is 484 g/mol. The zero-order chi connectivity index (χ0) is 28.2. The smallest absolute Gasteiger partial charge is 0.200 e. The van der Waals surface area contributed by atoms with E-state index in [0.29, 0.717) is 29.8 Å². The zero-order valence-electron chi connectivity index (χ0n) is 25.8. The third-order valence-corrected chi connectivity index (χ3v) is 14.0. The first-order chi connectivity index (χ1) is 18.3. The highest BCUT2D eigenvalue weighted by atomic mass is 28.4. The monoisotopic (exact) mass is 544 g/mol. The number of allylic oxidation sites excluding steroid dienone is 3. The van der Waals surface area contributed by atoms with Gasteiger partial charge in [-0.15, -0.1) is 0 Å². The molecule has 0 aliphatic rings. The van der Waals surface area contributed by atoms with Gasteiger partial charge in [0.05, 0.1) is 13.2 Å². The van der Waals surface area contributed by atoms with Crippen LogP contribution in [0.25, 0.3) is 0 Å². The van der Waals surface area contributed by atoms with Crippen molar-refractivity contribution in [1.29, 1.82) is 0 Å². The molecule has 38 heavy (non-hydrogen) atoms. The maximum atomic E-state index is 11.2. The second-order valence-corrected chi connectivity index (χ2v) is 17.3. The van der Waals surface area contributed by atoms with Gasteiger partial charge in [-0.1, -0.05) is 154 Å². The van der Waals surface area contributed by atoms with E-state index in [-0.39, 0.29) is 0 Å². The molecule has 0 aliphatic carbocycles. The van der Waals surface area contributed by atoms with Crippen molar-refractivity contribution in [3.63, 3.8) is 0 Å². The van der Waals surface area contributed by atoms with Crippen LogP contribution in [0.3, 0.4) is 0 Å². The largest absolute Gasteiger partial charge is 0.413 e. The maximum absolute atomic E-state index is 11.2. The van der Waals surface area contributed by atoms with Crippen molar-refractivity contribution in [2.45, 2.75) is 148 Å². The summed E-state index contributed by atoms with van der Waals surface area (Å²) in [6, 6.07) is 10.2. The average Bonchev–Trinajstić information content (AvgIpc) is 2.88. The van der Waals surface area contributed by atoms with E-state index >= 15 is 0 Å². The van der Waals surface area contributed by atoms with Crippen LogP contribution in [0.4, 0.5) is 0 Å². The summed E-state index contributed by atoms with van der Waals surface area (Å²) in [4.78, 5) is 0. The number of hydrogen-bond donors (Lipinski definition) is 1. The molecule has 0 unspecified atom stereocenters. The molecule has 1 rings (SSSR count). The highest BCUT2D eigenvalue weighted by Gasteiger charge is 2.45. The van der Waals surface area contributed by atoms with Gasteiger partial charge in [0.1, 0.15) is 12.2 Å². The maximum Gasteiger partial charge on any atom is 0.200 e. The van der Waals surface area contributed by atoms with Crippen molar-refractivity contribution >= 4 is 8.32 Å². The van der Waals surface area contributed by atoms with Gasteiger partial charge >= 0.3 is 0 Å². The summed E-state index contributed by atoms with van der Waals surface area (Å²) >= 11 is 0. The van der Waals surface area contributed by atoms with Gasteiger partial charge < -0.3 is 14.3 Å². The van der Waals surface area contributed by atoms with E-state index in [2.05, 4.69) is 72.8 Å². The summed E-state index contributed by atoms with van der Waals surface area (Å²) in [5.74, 6) is 0. The minimum atomic E-state index is -2.05. The Hall–Kier alpha value is -1.20.